The zero-order valence-electron chi connectivity index (χ0n) is 23.9. The van der Waals surface area contributed by atoms with Crippen molar-refractivity contribution in [3.8, 4) is 11.1 Å². The average molecular weight is 540 g/mol. The molecule has 0 saturated carbocycles. The number of anilines is 2. The summed E-state index contributed by atoms with van der Waals surface area (Å²) in [5.41, 5.74) is 2.55. The van der Waals surface area contributed by atoms with Gasteiger partial charge in [0.1, 0.15) is 6.20 Å². The van der Waals surface area contributed by atoms with Crippen LogP contribution < -0.4 is 14.4 Å². The van der Waals surface area contributed by atoms with Crippen LogP contribution in [0.2, 0.25) is 0 Å². The predicted octanol–water partition coefficient (Wildman–Crippen LogP) is 5.51. The first-order valence-corrected chi connectivity index (χ1v) is 13.2. The number of hydrogen-bond acceptors (Lipinski definition) is 3. The van der Waals surface area contributed by atoms with Crippen molar-refractivity contribution < 1.29 is 22.5 Å². The molecule has 0 bridgehead atoms. The van der Waals surface area contributed by atoms with E-state index in [0.717, 1.165) is 60.8 Å². The molecule has 1 aliphatic heterocycles. The highest BCUT2D eigenvalue weighted by Gasteiger charge is 2.38. The SMILES string of the molecule is Cc1cc(C(F)(F)F)cc(C(C)(C)C(=O)N(C)c2c[n+](C)c(N3CCN(C)CC3)cc2-c2ccccc2C)c1. The van der Waals surface area contributed by atoms with Crippen molar-refractivity contribution in [1.82, 2.24) is 4.90 Å². The quantitative estimate of drug-likeness (QED) is 0.401. The van der Waals surface area contributed by atoms with Gasteiger partial charge in [0.2, 0.25) is 5.91 Å². The Hall–Kier alpha value is -3.39. The lowest BCUT2D eigenvalue weighted by Gasteiger charge is -2.33. The molecule has 39 heavy (non-hydrogen) atoms. The molecule has 1 aromatic heterocycles. The van der Waals surface area contributed by atoms with Crippen molar-refractivity contribution >= 4 is 17.4 Å². The van der Waals surface area contributed by atoms with Crippen molar-refractivity contribution in [2.45, 2.75) is 39.3 Å². The molecule has 0 atom stereocenters. The maximum absolute atomic E-state index is 14.1. The van der Waals surface area contributed by atoms with Crippen molar-refractivity contribution in [3.05, 3.63) is 77.0 Å². The summed E-state index contributed by atoms with van der Waals surface area (Å²) in [5, 5.41) is 0. The molecule has 4 rings (SSSR count). The van der Waals surface area contributed by atoms with E-state index >= 15 is 0 Å². The second-order valence-corrected chi connectivity index (χ2v) is 11.2. The summed E-state index contributed by atoms with van der Waals surface area (Å²) in [4.78, 5) is 20.3. The number of carbonyl (C=O) groups excluding carboxylic acids is 1. The van der Waals surface area contributed by atoms with Crippen LogP contribution in [0.4, 0.5) is 24.7 Å². The van der Waals surface area contributed by atoms with Crippen molar-refractivity contribution in [1.29, 1.82) is 0 Å². The second kappa shape index (κ2) is 10.6. The van der Waals surface area contributed by atoms with Gasteiger partial charge in [-0.3, -0.25) is 14.6 Å². The van der Waals surface area contributed by atoms with E-state index in [9.17, 15) is 18.0 Å². The van der Waals surface area contributed by atoms with Gasteiger partial charge in [-0.05, 0) is 63.6 Å². The molecule has 1 fully saturated rings. The molecule has 2 aromatic carbocycles. The largest absolute Gasteiger partial charge is 0.416 e. The van der Waals surface area contributed by atoms with Crippen LogP contribution in [-0.4, -0.2) is 51.1 Å². The zero-order chi connectivity index (χ0) is 28.7. The third-order valence-electron chi connectivity index (χ3n) is 7.82. The summed E-state index contributed by atoms with van der Waals surface area (Å²) in [6, 6.07) is 14.1. The van der Waals surface area contributed by atoms with Crippen molar-refractivity contribution in [2.24, 2.45) is 7.05 Å². The molecule has 1 amide bonds. The zero-order valence-corrected chi connectivity index (χ0v) is 23.9. The highest BCUT2D eigenvalue weighted by atomic mass is 19.4. The molecule has 0 N–H and O–H groups in total. The topological polar surface area (TPSA) is 30.7 Å². The molecule has 0 spiro atoms. The van der Waals surface area contributed by atoms with Gasteiger partial charge in [0.15, 0.2) is 0 Å². The Morgan fingerprint density at radius 3 is 2.15 bits per heavy atom. The molecule has 0 radical (unpaired) electrons. The van der Waals surface area contributed by atoms with Gasteiger partial charge in [-0.1, -0.05) is 35.9 Å². The minimum absolute atomic E-state index is 0.289. The Balaban J connectivity index is 1.81. The van der Waals surface area contributed by atoms with Gasteiger partial charge in [-0.15, -0.1) is 0 Å². The Morgan fingerprint density at radius 1 is 0.923 bits per heavy atom. The first-order valence-electron chi connectivity index (χ1n) is 13.2. The Morgan fingerprint density at radius 2 is 1.54 bits per heavy atom. The molecule has 2 heterocycles. The number of nitrogens with zero attached hydrogens (tertiary/aromatic N) is 4. The number of alkyl halides is 3. The molecular formula is C31H38F3N4O+. The fraction of sp³-hybridized carbons (Fsp3) is 0.419. The first-order chi connectivity index (χ1) is 18.2. The van der Waals surface area contributed by atoms with E-state index in [2.05, 4.69) is 22.9 Å². The van der Waals surface area contributed by atoms with Gasteiger partial charge < -0.3 is 4.90 Å². The van der Waals surface area contributed by atoms with Gasteiger partial charge in [-0.25, -0.2) is 4.57 Å². The molecule has 1 saturated heterocycles. The Kier molecular flexibility index (Phi) is 7.81. The fourth-order valence-electron chi connectivity index (χ4n) is 5.29. The smallest absolute Gasteiger partial charge is 0.311 e. The van der Waals surface area contributed by atoms with Gasteiger partial charge >= 0.3 is 6.18 Å². The number of aryl methyl sites for hydroxylation is 3. The van der Waals surface area contributed by atoms with Gasteiger partial charge in [0.05, 0.1) is 36.8 Å². The van der Waals surface area contributed by atoms with Crippen LogP contribution in [0.3, 0.4) is 0 Å². The Labute approximate surface area is 229 Å². The van der Waals surface area contributed by atoms with E-state index in [4.69, 9.17) is 0 Å². The summed E-state index contributed by atoms with van der Waals surface area (Å²) >= 11 is 0. The van der Waals surface area contributed by atoms with Crippen LogP contribution in [0.25, 0.3) is 11.1 Å². The number of piperazine rings is 1. The van der Waals surface area contributed by atoms with E-state index in [1.807, 2.05) is 49.0 Å². The second-order valence-electron chi connectivity index (χ2n) is 11.2. The van der Waals surface area contributed by atoms with Crippen LogP contribution in [0, 0.1) is 13.8 Å². The lowest BCUT2D eigenvalue weighted by molar-refractivity contribution is -0.658. The number of amides is 1. The number of rotatable bonds is 5. The molecule has 3 aromatic rings. The molecule has 8 heteroatoms. The van der Waals surface area contributed by atoms with Gasteiger partial charge in [-0.2, -0.15) is 13.2 Å². The third kappa shape index (κ3) is 5.81. The average Bonchev–Trinajstić information content (AvgIpc) is 2.88. The summed E-state index contributed by atoms with van der Waals surface area (Å²) in [5.74, 6) is 0.766. The van der Waals surface area contributed by atoms with E-state index in [1.165, 1.54) is 0 Å². The van der Waals surface area contributed by atoms with Crippen LogP contribution in [0.1, 0.15) is 36.1 Å². The maximum atomic E-state index is 14.1. The lowest BCUT2D eigenvalue weighted by atomic mass is 9.81. The molecule has 208 valence electrons. The summed E-state index contributed by atoms with van der Waals surface area (Å²) in [6.07, 6.45) is -2.53. The number of aromatic nitrogens is 1. The van der Waals surface area contributed by atoms with Gasteiger partial charge in [0.25, 0.3) is 5.82 Å². The summed E-state index contributed by atoms with van der Waals surface area (Å²) in [7, 11) is 5.79. The summed E-state index contributed by atoms with van der Waals surface area (Å²) in [6.45, 7) is 10.8. The van der Waals surface area contributed by atoms with Crippen LogP contribution in [-0.2, 0) is 23.4 Å². The minimum atomic E-state index is -4.49. The van der Waals surface area contributed by atoms with Crippen LogP contribution in [0.15, 0.2) is 54.7 Å². The Bertz CT molecular complexity index is 1370. The van der Waals surface area contributed by atoms with Crippen molar-refractivity contribution in [3.63, 3.8) is 0 Å². The number of benzene rings is 2. The predicted molar refractivity (Wildman–Crippen MR) is 150 cm³/mol. The third-order valence-corrected chi connectivity index (χ3v) is 7.82. The van der Waals surface area contributed by atoms with E-state index in [1.54, 1.807) is 38.8 Å². The van der Waals surface area contributed by atoms with Crippen LogP contribution in [0.5, 0.6) is 0 Å². The number of halogens is 3. The van der Waals surface area contributed by atoms with Gasteiger partial charge in [0, 0.05) is 31.8 Å². The monoisotopic (exact) mass is 539 g/mol. The van der Waals surface area contributed by atoms with E-state index in [0.29, 0.717) is 16.8 Å². The maximum Gasteiger partial charge on any atom is 0.416 e. The molecule has 0 aliphatic carbocycles. The summed E-state index contributed by atoms with van der Waals surface area (Å²) < 4.78 is 42.8. The number of pyridine rings is 1. The number of hydrogen-bond donors (Lipinski definition) is 0. The molecular weight excluding hydrogens is 501 g/mol. The standard InChI is InChI=1S/C31H38F3N4O/c1-21-16-23(18-24(17-21)31(32,33)34)30(3,4)29(39)37(7)27-20-36(6)28(38-14-12-35(5)13-15-38)19-26(27)25-11-9-8-10-22(25)2/h8-11,16-20H,12-15H2,1-7H3/q+1. The molecule has 5 nitrogen and oxygen atoms in total. The fourth-order valence-corrected chi connectivity index (χ4v) is 5.29. The molecule has 1 aliphatic rings. The number of likely N-dealkylation sites (N-methyl/N-ethyl adjacent to an activating group) is 2. The minimum Gasteiger partial charge on any atom is -0.311 e. The number of carbonyl (C=O) groups is 1. The first kappa shape index (κ1) is 28.6. The lowest BCUT2D eigenvalue weighted by Crippen LogP contribution is -2.50. The normalized spacial score (nSPS) is 15.0. The molecule has 0 unspecified atom stereocenters. The van der Waals surface area contributed by atoms with E-state index < -0.39 is 17.2 Å². The highest BCUT2D eigenvalue weighted by molar-refractivity contribution is 6.03. The van der Waals surface area contributed by atoms with E-state index in [-0.39, 0.29) is 5.91 Å². The highest BCUT2D eigenvalue weighted by Crippen LogP contribution is 2.38. The van der Waals surface area contributed by atoms with Crippen LogP contribution >= 0.6 is 0 Å². The van der Waals surface area contributed by atoms with Crippen molar-refractivity contribution in [2.75, 3.05) is 50.1 Å².